The van der Waals surface area contributed by atoms with E-state index in [0.29, 0.717) is 11.3 Å². The van der Waals surface area contributed by atoms with E-state index in [0.717, 1.165) is 14.9 Å². The van der Waals surface area contributed by atoms with Crippen LogP contribution in [0.1, 0.15) is 5.56 Å². The molecule has 0 spiro atoms. The molecule has 0 heterocycles. The predicted octanol–water partition coefficient (Wildman–Crippen LogP) is 3.49. The number of hydrogen-bond acceptors (Lipinski definition) is 3. The minimum Gasteiger partial charge on any atom is -0.396 e. The van der Waals surface area contributed by atoms with Gasteiger partial charge in [0, 0.05) is 3.57 Å². The number of nitriles is 1. The number of anilines is 3. The maximum atomic E-state index is 8.90. The fourth-order valence-corrected chi connectivity index (χ4v) is 2.00. The Kier molecular flexibility index (Phi) is 3.49. The van der Waals surface area contributed by atoms with Gasteiger partial charge in [-0.3, -0.25) is 0 Å². The van der Waals surface area contributed by atoms with E-state index in [1.54, 1.807) is 6.07 Å². The van der Waals surface area contributed by atoms with E-state index in [4.69, 9.17) is 11.0 Å². The molecule has 0 bridgehead atoms. The molecule has 0 atom stereocenters. The molecule has 0 saturated carbocycles. The summed E-state index contributed by atoms with van der Waals surface area (Å²) in [5, 5.41) is 12.1. The number of nitrogen functional groups attached to an aromatic ring is 1. The molecule has 0 aliphatic rings. The molecule has 17 heavy (non-hydrogen) atoms. The molecule has 0 amide bonds. The van der Waals surface area contributed by atoms with E-state index in [1.807, 2.05) is 36.4 Å². The fraction of sp³-hybridized carbons (Fsp3) is 0. The zero-order valence-electron chi connectivity index (χ0n) is 8.94. The van der Waals surface area contributed by atoms with E-state index in [2.05, 4.69) is 34.0 Å². The number of rotatable bonds is 2. The Hall–Kier alpha value is -1.74. The van der Waals surface area contributed by atoms with Gasteiger partial charge in [-0.1, -0.05) is 18.2 Å². The second-order valence-electron chi connectivity index (χ2n) is 3.48. The number of nitrogens with two attached hydrogens (primary N) is 1. The van der Waals surface area contributed by atoms with E-state index < -0.39 is 0 Å². The molecule has 0 aliphatic heterocycles. The van der Waals surface area contributed by atoms with Crippen LogP contribution in [0.25, 0.3) is 0 Å². The molecule has 0 fully saturated rings. The van der Waals surface area contributed by atoms with Crippen LogP contribution in [0.5, 0.6) is 0 Å². The van der Waals surface area contributed by atoms with E-state index in [9.17, 15) is 0 Å². The van der Waals surface area contributed by atoms with Gasteiger partial charge in [-0.25, -0.2) is 0 Å². The van der Waals surface area contributed by atoms with E-state index in [1.165, 1.54) is 0 Å². The van der Waals surface area contributed by atoms with Crippen molar-refractivity contribution in [1.82, 2.24) is 0 Å². The normalized spacial score (nSPS) is 9.65. The first kappa shape index (κ1) is 11.7. The van der Waals surface area contributed by atoms with Gasteiger partial charge in [0.15, 0.2) is 0 Å². The maximum Gasteiger partial charge on any atom is 0.101 e. The standard InChI is InChI=1S/C13H10IN3/c14-10-5-1-2-6-11(10)17-12-7-3-4-9(8-15)13(12)16/h1-7,17H,16H2. The van der Waals surface area contributed by atoms with Gasteiger partial charge in [0.25, 0.3) is 0 Å². The van der Waals surface area contributed by atoms with Crippen LogP contribution in [0, 0.1) is 14.9 Å². The van der Waals surface area contributed by atoms with Crippen LogP contribution in [0.4, 0.5) is 17.1 Å². The van der Waals surface area contributed by atoms with Gasteiger partial charge < -0.3 is 11.1 Å². The summed E-state index contributed by atoms with van der Waals surface area (Å²) in [4.78, 5) is 0. The smallest absolute Gasteiger partial charge is 0.101 e. The highest BCUT2D eigenvalue weighted by Crippen LogP contribution is 2.28. The Morgan fingerprint density at radius 1 is 1.06 bits per heavy atom. The lowest BCUT2D eigenvalue weighted by molar-refractivity contribution is 1.46. The lowest BCUT2D eigenvalue weighted by Gasteiger charge is -2.11. The molecular weight excluding hydrogens is 325 g/mol. The summed E-state index contributed by atoms with van der Waals surface area (Å²) in [7, 11) is 0. The van der Waals surface area contributed by atoms with Gasteiger partial charge in [-0.2, -0.15) is 5.26 Å². The Morgan fingerprint density at radius 2 is 1.76 bits per heavy atom. The fourth-order valence-electron chi connectivity index (χ4n) is 1.48. The quantitative estimate of drug-likeness (QED) is 0.652. The average Bonchev–Trinajstić information content (AvgIpc) is 2.34. The van der Waals surface area contributed by atoms with Gasteiger partial charge in [0.1, 0.15) is 6.07 Å². The van der Waals surface area contributed by atoms with Crippen LogP contribution >= 0.6 is 22.6 Å². The third-order valence-corrected chi connectivity index (χ3v) is 3.31. The molecule has 0 aromatic heterocycles. The molecule has 84 valence electrons. The third kappa shape index (κ3) is 2.50. The first-order valence-electron chi connectivity index (χ1n) is 5.02. The summed E-state index contributed by atoms with van der Waals surface area (Å²) in [6, 6.07) is 15.4. The third-order valence-electron chi connectivity index (χ3n) is 2.37. The Labute approximate surface area is 113 Å². The minimum absolute atomic E-state index is 0.481. The summed E-state index contributed by atoms with van der Waals surface area (Å²) < 4.78 is 1.10. The van der Waals surface area contributed by atoms with E-state index in [-0.39, 0.29) is 0 Å². The molecule has 3 nitrogen and oxygen atoms in total. The van der Waals surface area contributed by atoms with Gasteiger partial charge in [-0.05, 0) is 46.9 Å². The monoisotopic (exact) mass is 335 g/mol. The molecule has 2 aromatic rings. The van der Waals surface area contributed by atoms with Crippen molar-refractivity contribution in [3.63, 3.8) is 0 Å². The Bertz CT molecular complexity index is 587. The summed E-state index contributed by atoms with van der Waals surface area (Å²) in [5.74, 6) is 0. The summed E-state index contributed by atoms with van der Waals surface area (Å²) in [6.45, 7) is 0. The Morgan fingerprint density at radius 3 is 2.47 bits per heavy atom. The molecular formula is C13H10IN3. The summed E-state index contributed by atoms with van der Waals surface area (Å²) in [5.41, 5.74) is 8.61. The lowest BCUT2D eigenvalue weighted by atomic mass is 10.1. The van der Waals surface area contributed by atoms with Crippen LogP contribution < -0.4 is 11.1 Å². The molecule has 2 rings (SSSR count). The van der Waals surface area contributed by atoms with Crippen molar-refractivity contribution in [2.75, 3.05) is 11.1 Å². The van der Waals surface area contributed by atoms with Gasteiger partial charge >= 0.3 is 0 Å². The number of hydrogen-bond donors (Lipinski definition) is 2. The lowest BCUT2D eigenvalue weighted by Crippen LogP contribution is -1.99. The van der Waals surface area contributed by atoms with Crippen LogP contribution in [0.3, 0.4) is 0 Å². The molecule has 3 N–H and O–H groups in total. The minimum atomic E-state index is 0.481. The van der Waals surface area contributed by atoms with Gasteiger partial charge in [-0.15, -0.1) is 0 Å². The van der Waals surface area contributed by atoms with E-state index >= 15 is 0 Å². The molecule has 0 saturated heterocycles. The highest BCUT2D eigenvalue weighted by atomic mass is 127. The van der Waals surface area contributed by atoms with Gasteiger partial charge in [0.2, 0.25) is 0 Å². The molecule has 0 aliphatic carbocycles. The number of nitrogens with zero attached hydrogens (tertiary/aromatic N) is 1. The van der Waals surface area contributed by atoms with Crippen molar-refractivity contribution in [1.29, 1.82) is 5.26 Å². The van der Waals surface area contributed by atoms with Crippen molar-refractivity contribution in [3.05, 3.63) is 51.6 Å². The van der Waals surface area contributed by atoms with Crippen molar-refractivity contribution >= 4 is 39.7 Å². The topological polar surface area (TPSA) is 61.8 Å². The van der Waals surface area contributed by atoms with Crippen LogP contribution in [-0.4, -0.2) is 0 Å². The van der Waals surface area contributed by atoms with Crippen LogP contribution in [0.15, 0.2) is 42.5 Å². The number of benzene rings is 2. The highest BCUT2D eigenvalue weighted by molar-refractivity contribution is 14.1. The largest absolute Gasteiger partial charge is 0.396 e. The zero-order chi connectivity index (χ0) is 12.3. The Balaban J connectivity index is 2.38. The molecule has 2 aromatic carbocycles. The SMILES string of the molecule is N#Cc1cccc(Nc2ccccc2I)c1N. The number of para-hydroxylation sites is 2. The highest BCUT2D eigenvalue weighted by Gasteiger charge is 2.05. The van der Waals surface area contributed by atoms with Crippen molar-refractivity contribution in [2.45, 2.75) is 0 Å². The van der Waals surface area contributed by atoms with Crippen molar-refractivity contribution in [3.8, 4) is 6.07 Å². The maximum absolute atomic E-state index is 8.90. The van der Waals surface area contributed by atoms with Gasteiger partial charge in [0.05, 0.1) is 22.6 Å². The predicted molar refractivity (Wildman–Crippen MR) is 78.0 cm³/mol. The summed E-state index contributed by atoms with van der Waals surface area (Å²) >= 11 is 2.25. The first-order chi connectivity index (χ1) is 8.22. The zero-order valence-corrected chi connectivity index (χ0v) is 11.1. The second kappa shape index (κ2) is 5.06. The average molecular weight is 335 g/mol. The second-order valence-corrected chi connectivity index (χ2v) is 4.65. The molecule has 4 heteroatoms. The van der Waals surface area contributed by atoms with Crippen molar-refractivity contribution in [2.24, 2.45) is 0 Å². The van der Waals surface area contributed by atoms with Crippen LogP contribution in [-0.2, 0) is 0 Å². The first-order valence-corrected chi connectivity index (χ1v) is 6.10. The number of nitrogens with one attached hydrogen (secondary N) is 1. The van der Waals surface area contributed by atoms with Crippen molar-refractivity contribution < 1.29 is 0 Å². The number of halogens is 1. The molecule has 0 unspecified atom stereocenters. The summed E-state index contributed by atoms with van der Waals surface area (Å²) in [6.07, 6.45) is 0. The van der Waals surface area contributed by atoms with Crippen LogP contribution in [0.2, 0.25) is 0 Å². The molecule has 0 radical (unpaired) electrons.